The molecular formula is C18H23N. The van der Waals surface area contributed by atoms with Crippen molar-refractivity contribution in [3.8, 4) is 0 Å². The molecule has 0 aliphatic rings. The van der Waals surface area contributed by atoms with Gasteiger partial charge in [-0.15, -0.1) is 0 Å². The van der Waals surface area contributed by atoms with Crippen molar-refractivity contribution in [2.24, 2.45) is 5.73 Å². The van der Waals surface area contributed by atoms with Crippen molar-refractivity contribution < 1.29 is 0 Å². The SMILES string of the molecule is CCC(c1ccccc1)C(N)Cc1ccccc1C. The first-order valence-electron chi connectivity index (χ1n) is 7.07. The number of nitrogens with two attached hydrogens (primary N) is 1. The fourth-order valence-electron chi connectivity index (χ4n) is 2.72. The summed E-state index contributed by atoms with van der Waals surface area (Å²) in [6.45, 7) is 4.38. The topological polar surface area (TPSA) is 26.0 Å². The highest BCUT2D eigenvalue weighted by Crippen LogP contribution is 2.24. The maximum absolute atomic E-state index is 6.46. The Morgan fingerprint density at radius 1 is 0.947 bits per heavy atom. The highest BCUT2D eigenvalue weighted by atomic mass is 14.6. The zero-order chi connectivity index (χ0) is 13.7. The molecule has 0 radical (unpaired) electrons. The van der Waals surface area contributed by atoms with Crippen LogP contribution in [0.5, 0.6) is 0 Å². The highest BCUT2D eigenvalue weighted by molar-refractivity contribution is 5.28. The lowest BCUT2D eigenvalue weighted by Crippen LogP contribution is -2.30. The Balaban J connectivity index is 2.14. The standard InChI is InChI=1S/C18H23N/c1-3-17(15-10-5-4-6-11-15)18(19)13-16-12-8-7-9-14(16)2/h4-12,17-18H,3,13,19H2,1-2H3. The molecule has 2 unspecified atom stereocenters. The summed E-state index contributed by atoms with van der Waals surface area (Å²) < 4.78 is 0. The van der Waals surface area contributed by atoms with E-state index >= 15 is 0 Å². The third-order valence-corrected chi connectivity index (χ3v) is 3.90. The minimum atomic E-state index is 0.175. The first-order valence-corrected chi connectivity index (χ1v) is 7.07. The van der Waals surface area contributed by atoms with Gasteiger partial charge in [-0.2, -0.15) is 0 Å². The maximum Gasteiger partial charge on any atom is 0.0148 e. The van der Waals surface area contributed by atoms with Gasteiger partial charge in [0, 0.05) is 6.04 Å². The largest absolute Gasteiger partial charge is 0.327 e. The predicted molar refractivity (Wildman–Crippen MR) is 82.3 cm³/mol. The normalized spacial score (nSPS) is 14.1. The van der Waals surface area contributed by atoms with Gasteiger partial charge in [0.2, 0.25) is 0 Å². The van der Waals surface area contributed by atoms with Crippen LogP contribution in [0.3, 0.4) is 0 Å². The van der Waals surface area contributed by atoms with Crippen molar-refractivity contribution in [3.05, 3.63) is 71.3 Å². The molecule has 0 spiro atoms. The van der Waals surface area contributed by atoms with Crippen LogP contribution in [0.2, 0.25) is 0 Å². The van der Waals surface area contributed by atoms with Gasteiger partial charge in [0.25, 0.3) is 0 Å². The van der Waals surface area contributed by atoms with Crippen molar-refractivity contribution in [1.82, 2.24) is 0 Å². The van der Waals surface area contributed by atoms with E-state index in [4.69, 9.17) is 5.73 Å². The van der Waals surface area contributed by atoms with E-state index < -0.39 is 0 Å². The molecule has 0 aliphatic heterocycles. The van der Waals surface area contributed by atoms with Crippen molar-refractivity contribution in [2.75, 3.05) is 0 Å². The third kappa shape index (κ3) is 3.45. The highest BCUT2D eigenvalue weighted by Gasteiger charge is 2.18. The molecule has 0 aliphatic carbocycles. The van der Waals surface area contributed by atoms with Gasteiger partial charge in [0.15, 0.2) is 0 Å². The number of hydrogen-bond acceptors (Lipinski definition) is 1. The lowest BCUT2D eigenvalue weighted by molar-refractivity contribution is 0.514. The van der Waals surface area contributed by atoms with Gasteiger partial charge in [-0.05, 0) is 42.4 Å². The molecule has 2 aromatic rings. The summed E-state index contributed by atoms with van der Waals surface area (Å²) in [6, 6.07) is 19.3. The van der Waals surface area contributed by atoms with E-state index in [0.717, 1.165) is 12.8 Å². The van der Waals surface area contributed by atoms with Crippen molar-refractivity contribution >= 4 is 0 Å². The van der Waals surface area contributed by atoms with Crippen LogP contribution in [0.25, 0.3) is 0 Å². The van der Waals surface area contributed by atoms with E-state index in [9.17, 15) is 0 Å². The summed E-state index contributed by atoms with van der Waals surface area (Å²) in [5.41, 5.74) is 10.5. The van der Waals surface area contributed by atoms with Crippen molar-refractivity contribution in [2.45, 2.75) is 38.6 Å². The molecule has 0 fully saturated rings. The molecule has 2 atom stereocenters. The van der Waals surface area contributed by atoms with E-state index in [2.05, 4.69) is 68.4 Å². The summed E-state index contributed by atoms with van der Waals surface area (Å²) in [4.78, 5) is 0. The van der Waals surface area contributed by atoms with Gasteiger partial charge in [0.1, 0.15) is 0 Å². The smallest absolute Gasteiger partial charge is 0.0148 e. The maximum atomic E-state index is 6.46. The molecule has 2 N–H and O–H groups in total. The van der Waals surface area contributed by atoms with Gasteiger partial charge in [-0.1, -0.05) is 61.5 Å². The Bertz CT molecular complexity index is 504. The van der Waals surface area contributed by atoms with E-state index in [1.807, 2.05) is 0 Å². The number of aryl methyl sites for hydroxylation is 1. The van der Waals surface area contributed by atoms with Crippen LogP contribution >= 0.6 is 0 Å². The number of benzene rings is 2. The van der Waals surface area contributed by atoms with Gasteiger partial charge in [-0.3, -0.25) is 0 Å². The summed E-state index contributed by atoms with van der Waals surface area (Å²) >= 11 is 0. The molecular weight excluding hydrogens is 230 g/mol. The first-order chi connectivity index (χ1) is 9.22. The van der Waals surface area contributed by atoms with E-state index in [1.54, 1.807) is 0 Å². The molecule has 0 saturated carbocycles. The van der Waals surface area contributed by atoms with Crippen LogP contribution in [-0.4, -0.2) is 6.04 Å². The Morgan fingerprint density at radius 2 is 1.58 bits per heavy atom. The molecule has 2 rings (SSSR count). The molecule has 1 heteroatoms. The van der Waals surface area contributed by atoms with Gasteiger partial charge in [0.05, 0.1) is 0 Å². The van der Waals surface area contributed by atoms with Gasteiger partial charge in [-0.25, -0.2) is 0 Å². The molecule has 0 heterocycles. The second-order valence-corrected chi connectivity index (χ2v) is 5.22. The zero-order valence-electron chi connectivity index (χ0n) is 11.8. The number of hydrogen-bond donors (Lipinski definition) is 1. The van der Waals surface area contributed by atoms with Crippen LogP contribution in [0.15, 0.2) is 54.6 Å². The Morgan fingerprint density at radius 3 is 2.21 bits per heavy atom. The molecule has 100 valence electrons. The fraction of sp³-hybridized carbons (Fsp3) is 0.333. The van der Waals surface area contributed by atoms with Crippen LogP contribution in [0.4, 0.5) is 0 Å². The lowest BCUT2D eigenvalue weighted by Gasteiger charge is -2.24. The fourth-order valence-corrected chi connectivity index (χ4v) is 2.72. The molecule has 0 bridgehead atoms. The van der Waals surface area contributed by atoms with E-state index in [1.165, 1.54) is 16.7 Å². The summed E-state index contributed by atoms with van der Waals surface area (Å²) in [5, 5.41) is 0. The average molecular weight is 253 g/mol. The van der Waals surface area contributed by atoms with Crippen LogP contribution in [-0.2, 0) is 6.42 Å². The number of rotatable bonds is 5. The average Bonchev–Trinajstić information content (AvgIpc) is 2.43. The summed E-state index contributed by atoms with van der Waals surface area (Å²) in [7, 11) is 0. The Kier molecular flexibility index (Phi) is 4.75. The molecule has 19 heavy (non-hydrogen) atoms. The molecule has 0 amide bonds. The third-order valence-electron chi connectivity index (χ3n) is 3.90. The Labute approximate surface area is 116 Å². The molecule has 0 saturated heterocycles. The second kappa shape index (κ2) is 6.53. The van der Waals surface area contributed by atoms with Crippen LogP contribution < -0.4 is 5.73 Å². The van der Waals surface area contributed by atoms with E-state index in [0.29, 0.717) is 5.92 Å². The summed E-state index contributed by atoms with van der Waals surface area (Å²) in [5.74, 6) is 0.431. The summed E-state index contributed by atoms with van der Waals surface area (Å²) in [6.07, 6.45) is 2.02. The molecule has 0 aromatic heterocycles. The predicted octanol–water partition coefficient (Wildman–Crippen LogP) is 4.06. The molecule has 1 nitrogen and oxygen atoms in total. The van der Waals surface area contributed by atoms with Gasteiger partial charge >= 0.3 is 0 Å². The quantitative estimate of drug-likeness (QED) is 0.854. The minimum absolute atomic E-state index is 0.175. The molecule has 2 aromatic carbocycles. The van der Waals surface area contributed by atoms with Crippen molar-refractivity contribution in [3.63, 3.8) is 0 Å². The van der Waals surface area contributed by atoms with E-state index in [-0.39, 0.29) is 6.04 Å². The Hall–Kier alpha value is -1.60. The minimum Gasteiger partial charge on any atom is -0.327 e. The van der Waals surface area contributed by atoms with Crippen LogP contribution in [0, 0.1) is 6.92 Å². The van der Waals surface area contributed by atoms with Gasteiger partial charge < -0.3 is 5.73 Å². The second-order valence-electron chi connectivity index (χ2n) is 5.22. The first kappa shape index (κ1) is 13.8. The zero-order valence-corrected chi connectivity index (χ0v) is 11.8. The monoisotopic (exact) mass is 253 g/mol. The van der Waals surface area contributed by atoms with Crippen LogP contribution in [0.1, 0.15) is 36.0 Å². The lowest BCUT2D eigenvalue weighted by atomic mass is 9.85. The van der Waals surface area contributed by atoms with Crippen molar-refractivity contribution in [1.29, 1.82) is 0 Å².